The van der Waals surface area contributed by atoms with Crippen LogP contribution in [0.25, 0.3) is 11.3 Å². The highest BCUT2D eigenvalue weighted by molar-refractivity contribution is 5.55. The zero-order valence-electron chi connectivity index (χ0n) is 13.9. The Morgan fingerprint density at radius 2 is 2.12 bits per heavy atom. The lowest BCUT2D eigenvalue weighted by Gasteiger charge is -2.31. The average molecular weight is 341 g/mol. The highest BCUT2D eigenvalue weighted by Crippen LogP contribution is 2.23. The minimum atomic E-state index is -0.254. The summed E-state index contributed by atoms with van der Waals surface area (Å²) in [7, 11) is 0. The molecule has 2 aromatic heterocycles. The summed E-state index contributed by atoms with van der Waals surface area (Å²) in [5.74, 6) is 1.67. The predicted octanol–water partition coefficient (Wildman–Crippen LogP) is 2.98. The normalized spacial score (nSPS) is 18.5. The molecule has 0 radical (unpaired) electrons. The summed E-state index contributed by atoms with van der Waals surface area (Å²) in [5.41, 5.74) is 0.836. The maximum atomic E-state index is 13.0. The minimum Gasteiger partial charge on any atom is -0.439 e. The number of halogens is 1. The van der Waals surface area contributed by atoms with E-state index in [-0.39, 0.29) is 5.82 Å². The van der Waals surface area contributed by atoms with Crippen LogP contribution < -0.4 is 0 Å². The molecule has 0 saturated carbocycles. The first kappa shape index (κ1) is 16.0. The molecular formula is C18H20FN5O. The molecule has 4 rings (SSSR count). The van der Waals surface area contributed by atoms with Gasteiger partial charge in [-0.1, -0.05) is 0 Å². The van der Waals surface area contributed by atoms with Crippen LogP contribution in [0.5, 0.6) is 0 Å². The summed E-state index contributed by atoms with van der Waals surface area (Å²) in [6, 6.07) is 6.26. The zero-order chi connectivity index (χ0) is 17.1. The van der Waals surface area contributed by atoms with Crippen LogP contribution in [0.3, 0.4) is 0 Å². The summed E-state index contributed by atoms with van der Waals surface area (Å²) in [6.45, 7) is 3.62. The molecule has 0 N–H and O–H groups in total. The third-order valence-corrected chi connectivity index (χ3v) is 4.56. The molecule has 3 aromatic rings. The smallest absolute Gasteiger partial charge is 0.209 e. The number of rotatable bonds is 5. The molecule has 0 amide bonds. The molecule has 1 saturated heterocycles. The van der Waals surface area contributed by atoms with Crippen LogP contribution >= 0.6 is 0 Å². The molecule has 1 atom stereocenters. The van der Waals surface area contributed by atoms with Crippen molar-refractivity contribution in [3.63, 3.8) is 0 Å². The molecule has 1 fully saturated rings. The molecule has 0 bridgehead atoms. The molecule has 25 heavy (non-hydrogen) atoms. The van der Waals surface area contributed by atoms with Crippen molar-refractivity contribution >= 4 is 0 Å². The van der Waals surface area contributed by atoms with E-state index in [4.69, 9.17) is 4.42 Å². The monoisotopic (exact) mass is 341 g/mol. The van der Waals surface area contributed by atoms with Gasteiger partial charge in [0.15, 0.2) is 5.76 Å². The van der Waals surface area contributed by atoms with Crippen LogP contribution in [0.4, 0.5) is 4.39 Å². The van der Waals surface area contributed by atoms with Crippen LogP contribution in [0.1, 0.15) is 18.7 Å². The maximum absolute atomic E-state index is 13.0. The van der Waals surface area contributed by atoms with Gasteiger partial charge in [0.25, 0.3) is 0 Å². The molecule has 1 aliphatic rings. The van der Waals surface area contributed by atoms with E-state index in [2.05, 4.69) is 20.0 Å². The Bertz CT molecular complexity index is 799. The van der Waals surface area contributed by atoms with Gasteiger partial charge in [0.1, 0.15) is 18.5 Å². The predicted molar refractivity (Wildman–Crippen MR) is 89.9 cm³/mol. The minimum absolute atomic E-state index is 0.254. The lowest BCUT2D eigenvalue weighted by atomic mass is 9.98. The van der Waals surface area contributed by atoms with Gasteiger partial charge in [0.05, 0.1) is 12.7 Å². The molecule has 7 heteroatoms. The first-order chi connectivity index (χ1) is 12.3. The Labute approximate surface area is 145 Å². The summed E-state index contributed by atoms with van der Waals surface area (Å²) < 4.78 is 20.8. The van der Waals surface area contributed by atoms with E-state index >= 15 is 0 Å². The van der Waals surface area contributed by atoms with E-state index in [1.54, 1.807) is 31.0 Å². The standard InChI is InChI=1S/C18H20FN5O/c19-16-5-3-15(4-6-16)17-8-21-18(25-17)11-23-7-1-2-14(9-23)10-24-13-20-12-22-24/h3-6,8,12-14H,1-2,7,9-11H2/t14-/m1/s1. The molecule has 130 valence electrons. The van der Waals surface area contributed by atoms with Gasteiger partial charge < -0.3 is 4.42 Å². The Morgan fingerprint density at radius 1 is 1.24 bits per heavy atom. The molecule has 0 spiro atoms. The van der Waals surface area contributed by atoms with Gasteiger partial charge in [-0.25, -0.2) is 14.4 Å². The fourth-order valence-corrected chi connectivity index (χ4v) is 3.36. The van der Waals surface area contributed by atoms with E-state index in [0.29, 0.717) is 24.1 Å². The Kier molecular flexibility index (Phi) is 4.56. The third kappa shape index (κ3) is 3.93. The second-order valence-electron chi connectivity index (χ2n) is 6.49. The van der Waals surface area contributed by atoms with Crippen molar-refractivity contribution in [1.29, 1.82) is 0 Å². The molecule has 0 unspecified atom stereocenters. The van der Waals surface area contributed by atoms with Gasteiger partial charge in [-0.2, -0.15) is 5.10 Å². The zero-order valence-corrected chi connectivity index (χ0v) is 13.9. The first-order valence-corrected chi connectivity index (χ1v) is 8.52. The summed E-state index contributed by atoms with van der Waals surface area (Å²) in [5, 5.41) is 4.19. The topological polar surface area (TPSA) is 60.0 Å². The number of likely N-dealkylation sites (tertiary alicyclic amines) is 1. The van der Waals surface area contributed by atoms with E-state index in [0.717, 1.165) is 31.6 Å². The number of piperidine rings is 1. The number of hydrogen-bond acceptors (Lipinski definition) is 5. The first-order valence-electron chi connectivity index (χ1n) is 8.52. The number of hydrogen-bond donors (Lipinski definition) is 0. The average Bonchev–Trinajstić information content (AvgIpc) is 3.28. The Balaban J connectivity index is 1.37. The second kappa shape index (κ2) is 7.14. The quantitative estimate of drug-likeness (QED) is 0.714. The Morgan fingerprint density at radius 3 is 2.92 bits per heavy atom. The van der Waals surface area contributed by atoms with Gasteiger partial charge in [-0.05, 0) is 49.6 Å². The van der Waals surface area contributed by atoms with Crippen LogP contribution in [-0.4, -0.2) is 37.7 Å². The van der Waals surface area contributed by atoms with Gasteiger partial charge in [-0.3, -0.25) is 9.58 Å². The van der Waals surface area contributed by atoms with E-state index < -0.39 is 0 Å². The summed E-state index contributed by atoms with van der Waals surface area (Å²) in [4.78, 5) is 10.7. The van der Waals surface area contributed by atoms with E-state index in [1.165, 1.54) is 18.6 Å². The highest BCUT2D eigenvalue weighted by Gasteiger charge is 2.22. The summed E-state index contributed by atoms with van der Waals surface area (Å²) >= 11 is 0. The van der Waals surface area contributed by atoms with Crippen molar-refractivity contribution < 1.29 is 8.81 Å². The molecule has 1 aromatic carbocycles. The van der Waals surface area contributed by atoms with Crippen molar-refractivity contribution in [2.45, 2.75) is 25.9 Å². The van der Waals surface area contributed by atoms with Crippen molar-refractivity contribution in [1.82, 2.24) is 24.6 Å². The molecule has 6 nitrogen and oxygen atoms in total. The van der Waals surface area contributed by atoms with Crippen LogP contribution in [0, 0.1) is 11.7 Å². The molecular weight excluding hydrogens is 321 g/mol. The van der Waals surface area contributed by atoms with E-state index in [1.807, 2.05) is 4.68 Å². The van der Waals surface area contributed by atoms with Gasteiger partial charge in [-0.15, -0.1) is 0 Å². The van der Waals surface area contributed by atoms with Crippen molar-refractivity contribution in [3.8, 4) is 11.3 Å². The van der Waals surface area contributed by atoms with Gasteiger partial charge in [0.2, 0.25) is 5.89 Å². The number of benzene rings is 1. The van der Waals surface area contributed by atoms with Crippen LogP contribution in [0.2, 0.25) is 0 Å². The highest BCUT2D eigenvalue weighted by atomic mass is 19.1. The number of aromatic nitrogens is 4. The number of oxazole rings is 1. The lowest BCUT2D eigenvalue weighted by Crippen LogP contribution is -2.36. The van der Waals surface area contributed by atoms with E-state index in [9.17, 15) is 4.39 Å². The molecule has 0 aliphatic carbocycles. The van der Waals surface area contributed by atoms with Crippen molar-refractivity contribution in [3.05, 3.63) is 54.8 Å². The lowest BCUT2D eigenvalue weighted by molar-refractivity contribution is 0.142. The molecule has 1 aliphatic heterocycles. The van der Waals surface area contributed by atoms with Crippen molar-refractivity contribution in [2.24, 2.45) is 5.92 Å². The Hall–Kier alpha value is -2.54. The molecule has 3 heterocycles. The van der Waals surface area contributed by atoms with Crippen LogP contribution in [-0.2, 0) is 13.1 Å². The van der Waals surface area contributed by atoms with Crippen LogP contribution in [0.15, 0.2) is 47.5 Å². The second-order valence-corrected chi connectivity index (χ2v) is 6.49. The number of nitrogens with zero attached hydrogens (tertiary/aromatic N) is 5. The van der Waals surface area contributed by atoms with Gasteiger partial charge in [0, 0.05) is 18.7 Å². The summed E-state index contributed by atoms with van der Waals surface area (Å²) in [6.07, 6.45) is 7.40. The maximum Gasteiger partial charge on any atom is 0.209 e. The fourth-order valence-electron chi connectivity index (χ4n) is 3.36. The SMILES string of the molecule is Fc1ccc(-c2cnc(CN3CCC[C@@H](Cn4cncn4)C3)o2)cc1. The van der Waals surface area contributed by atoms with Gasteiger partial charge >= 0.3 is 0 Å². The van der Waals surface area contributed by atoms with Crippen molar-refractivity contribution in [2.75, 3.05) is 13.1 Å². The third-order valence-electron chi connectivity index (χ3n) is 4.56. The largest absolute Gasteiger partial charge is 0.439 e. The fraction of sp³-hybridized carbons (Fsp3) is 0.389.